The number of nitro groups is 1. The van der Waals surface area contributed by atoms with Crippen molar-refractivity contribution >= 4 is 33.2 Å². The summed E-state index contributed by atoms with van der Waals surface area (Å²) in [4.78, 5) is 41.2. The van der Waals surface area contributed by atoms with Crippen LogP contribution >= 0.6 is 11.3 Å². The van der Waals surface area contributed by atoms with Crippen molar-refractivity contribution in [2.24, 2.45) is 5.92 Å². The third-order valence-corrected chi connectivity index (χ3v) is 5.33. The molecule has 0 aliphatic carbocycles. The second-order valence-electron chi connectivity index (χ2n) is 7.04. The molecule has 0 bridgehead atoms. The minimum atomic E-state index is -0.781. The molecule has 2 heterocycles. The Labute approximate surface area is 170 Å². The number of hydrogen-bond acceptors (Lipinski definition) is 7. The van der Waals surface area contributed by atoms with Crippen LogP contribution in [0.3, 0.4) is 0 Å². The summed E-state index contributed by atoms with van der Waals surface area (Å²) in [5, 5.41) is 13.2. The zero-order valence-corrected chi connectivity index (χ0v) is 17.1. The van der Waals surface area contributed by atoms with Gasteiger partial charge in [-0.1, -0.05) is 32.9 Å². The molecule has 0 N–H and O–H groups in total. The zero-order valence-electron chi connectivity index (χ0n) is 16.3. The van der Waals surface area contributed by atoms with Crippen LogP contribution in [0, 0.1) is 16.0 Å². The van der Waals surface area contributed by atoms with Gasteiger partial charge in [-0.25, -0.2) is 9.78 Å². The lowest BCUT2D eigenvalue weighted by molar-refractivity contribution is -0.384. The fourth-order valence-electron chi connectivity index (χ4n) is 2.99. The molecule has 152 valence electrons. The van der Waals surface area contributed by atoms with Crippen molar-refractivity contribution in [2.45, 2.75) is 33.2 Å². The van der Waals surface area contributed by atoms with E-state index in [1.807, 2.05) is 13.8 Å². The summed E-state index contributed by atoms with van der Waals surface area (Å²) in [6, 6.07) is 5.32. The van der Waals surface area contributed by atoms with Gasteiger partial charge in [0.2, 0.25) is 0 Å². The van der Waals surface area contributed by atoms with Gasteiger partial charge in [0.15, 0.2) is 0 Å². The molecule has 0 aliphatic rings. The van der Waals surface area contributed by atoms with Crippen LogP contribution in [0.15, 0.2) is 40.8 Å². The third kappa shape index (κ3) is 4.19. The molecular weight excluding hydrogens is 394 g/mol. The first-order valence-corrected chi connectivity index (χ1v) is 10.1. The van der Waals surface area contributed by atoms with E-state index >= 15 is 0 Å². The van der Waals surface area contributed by atoms with Crippen LogP contribution in [0.5, 0.6) is 0 Å². The van der Waals surface area contributed by atoms with Gasteiger partial charge < -0.3 is 4.74 Å². The van der Waals surface area contributed by atoms with Crippen molar-refractivity contribution in [3.63, 3.8) is 0 Å². The Morgan fingerprint density at radius 3 is 2.79 bits per heavy atom. The Morgan fingerprint density at radius 1 is 1.38 bits per heavy atom. The molecule has 3 rings (SSSR count). The number of fused-ring (bicyclic) bond motifs is 1. The van der Waals surface area contributed by atoms with Crippen LogP contribution in [-0.2, 0) is 9.53 Å². The first-order chi connectivity index (χ1) is 13.8. The zero-order chi connectivity index (χ0) is 21.1. The monoisotopic (exact) mass is 415 g/mol. The smallest absolute Gasteiger partial charge is 0.329 e. The number of aromatic nitrogens is 2. The molecule has 0 saturated heterocycles. The van der Waals surface area contributed by atoms with E-state index in [1.54, 1.807) is 24.4 Å². The topological polar surface area (TPSA) is 104 Å². The van der Waals surface area contributed by atoms with Gasteiger partial charge in [-0.2, -0.15) is 0 Å². The molecule has 1 atom stereocenters. The van der Waals surface area contributed by atoms with E-state index in [2.05, 4.69) is 4.98 Å². The summed E-state index contributed by atoms with van der Waals surface area (Å²) in [5.41, 5.74) is 0.685. The highest BCUT2D eigenvalue weighted by molar-refractivity contribution is 7.17. The van der Waals surface area contributed by atoms with E-state index in [9.17, 15) is 19.7 Å². The normalized spacial score (nSPS) is 12.3. The van der Waals surface area contributed by atoms with E-state index in [0.717, 1.165) is 0 Å². The van der Waals surface area contributed by atoms with Crippen LogP contribution in [0.4, 0.5) is 5.69 Å². The number of carbonyl (C=O) groups is 1. The maximum absolute atomic E-state index is 13.2. The summed E-state index contributed by atoms with van der Waals surface area (Å²) in [6.07, 6.45) is 1.74. The predicted molar refractivity (Wildman–Crippen MR) is 111 cm³/mol. The average molecular weight is 415 g/mol. The Hall–Kier alpha value is -3.07. The fraction of sp³-hybridized carbons (Fsp3) is 0.350. The highest BCUT2D eigenvalue weighted by atomic mass is 32.1. The molecule has 0 fully saturated rings. The number of carbonyl (C=O) groups excluding carboxylic acids is 1. The van der Waals surface area contributed by atoms with Crippen LogP contribution in [0.1, 0.15) is 33.2 Å². The van der Waals surface area contributed by atoms with Crippen LogP contribution in [0.25, 0.3) is 21.3 Å². The van der Waals surface area contributed by atoms with Crippen LogP contribution in [-0.4, -0.2) is 27.1 Å². The number of hydrogen-bond donors (Lipinski definition) is 0. The minimum absolute atomic E-state index is 0.0604. The second kappa shape index (κ2) is 8.52. The average Bonchev–Trinajstić information content (AvgIpc) is 3.13. The number of nitro benzene ring substituents is 1. The predicted octanol–water partition coefficient (Wildman–Crippen LogP) is 4.18. The maximum Gasteiger partial charge on any atom is 0.329 e. The number of ether oxygens (including phenoxy) is 1. The molecular formula is C20H21N3O5S. The fourth-order valence-corrected chi connectivity index (χ4v) is 3.90. The van der Waals surface area contributed by atoms with Crippen LogP contribution < -0.4 is 5.56 Å². The van der Waals surface area contributed by atoms with E-state index < -0.39 is 16.9 Å². The largest absolute Gasteiger partial charge is 0.464 e. The molecule has 29 heavy (non-hydrogen) atoms. The van der Waals surface area contributed by atoms with E-state index in [4.69, 9.17) is 4.74 Å². The molecule has 1 aromatic carbocycles. The summed E-state index contributed by atoms with van der Waals surface area (Å²) in [6.45, 7) is 5.94. The number of benzene rings is 1. The second-order valence-corrected chi connectivity index (χ2v) is 7.90. The van der Waals surface area contributed by atoms with Crippen molar-refractivity contribution in [1.29, 1.82) is 0 Å². The Bertz CT molecular complexity index is 1120. The maximum atomic E-state index is 13.2. The highest BCUT2D eigenvalue weighted by Gasteiger charge is 2.24. The van der Waals surface area contributed by atoms with Gasteiger partial charge in [0.25, 0.3) is 11.2 Å². The molecule has 0 amide bonds. The van der Waals surface area contributed by atoms with Gasteiger partial charge in [-0.15, -0.1) is 11.3 Å². The molecule has 0 radical (unpaired) electrons. The molecule has 2 aromatic heterocycles. The van der Waals surface area contributed by atoms with Gasteiger partial charge in [0.05, 0.1) is 23.2 Å². The lowest BCUT2D eigenvalue weighted by atomic mass is 10.1. The third-order valence-electron chi connectivity index (χ3n) is 4.44. The molecule has 8 nitrogen and oxygen atoms in total. The first-order valence-electron chi connectivity index (χ1n) is 9.23. The van der Waals surface area contributed by atoms with Crippen molar-refractivity contribution in [3.05, 3.63) is 56.4 Å². The van der Waals surface area contributed by atoms with Crippen molar-refractivity contribution in [2.75, 3.05) is 6.61 Å². The molecule has 0 aliphatic heterocycles. The number of thiophene rings is 1. The number of rotatable bonds is 7. The molecule has 9 heteroatoms. The first kappa shape index (κ1) is 20.7. The van der Waals surface area contributed by atoms with Gasteiger partial charge in [0.1, 0.15) is 10.9 Å². The molecule has 0 unspecified atom stereocenters. The van der Waals surface area contributed by atoms with E-state index in [1.165, 1.54) is 34.4 Å². The summed E-state index contributed by atoms with van der Waals surface area (Å²) in [5.74, 6) is -0.289. The quantitative estimate of drug-likeness (QED) is 0.326. The summed E-state index contributed by atoms with van der Waals surface area (Å²) >= 11 is 1.28. The van der Waals surface area contributed by atoms with Crippen molar-refractivity contribution in [3.8, 4) is 11.1 Å². The Kier molecular flexibility index (Phi) is 6.07. The Morgan fingerprint density at radius 2 is 2.14 bits per heavy atom. The van der Waals surface area contributed by atoms with Gasteiger partial charge in [0, 0.05) is 23.1 Å². The number of esters is 1. The number of non-ortho nitro benzene ring substituents is 1. The van der Waals surface area contributed by atoms with E-state index in [-0.39, 0.29) is 23.8 Å². The molecule has 0 spiro atoms. The lowest BCUT2D eigenvalue weighted by Gasteiger charge is -2.17. The van der Waals surface area contributed by atoms with Gasteiger partial charge in [-0.05, 0) is 17.9 Å². The van der Waals surface area contributed by atoms with Crippen molar-refractivity contribution in [1.82, 2.24) is 9.55 Å². The summed E-state index contributed by atoms with van der Waals surface area (Å²) < 4.78 is 6.61. The van der Waals surface area contributed by atoms with Crippen LogP contribution in [0.2, 0.25) is 0 Å². The molecule has 0 saturated carbocycles. The van der Waals surface area contributed by atoms with E-state index in [0.29, 0.717) is 27.8 Å². The van der Waals surface area contributed by atoms with Gasteiger partial charge >= 0.3 is 5.97 Å². The standard InChI is InChI=1S/C20H21N3O5S/c1-4-16(20(25)28-9-12(2)3)22-11-21-18-17(19(22)24)15(10-29-18)13-6-5-7-14(8-13)23(26)27/h5-8,10-12,16H,4,9H2,1-3H3/t16-/m0/s1. The highest BCUT2D eigenvalue weighted by Crippen LogP contribution is 2.32. The number of nitrogens with zero attached hydrogens (tertiary/aromatic N) is 3. The summed E-state index contributed by atoms with van der Waals surface area (Å²) in [7, 11) is 0. The minimum Gasteiger partial charge on any atom is -0.464 e. The molecule has 3 aromatic rings. The van der Waals surface area contributed by atoms with Crippen molar-refractivity contribution < 1.29 is 14.5 Å². The van der Waals surface area contributed by atoms with Gasteiger partial charge in [-0.3, -0.25) is 19.5 Å². The SMILES string of the molecule is CC[C@@H](C(=O)OCC(C)C)n1cnc2scc(-c3cccc([N+](=O)[O-])c3)c2c1=O. The Balaban J connectivity index is 2.09. The lowest BCUT2D eigenvalue weighted by Crippen LogP contribution is -2.31.